The van der Waals surface area contributed by atoms with Crippen molar-refractivity contribution in [3.8, 4) is 0 Å². The highest BCUT2D eigenvalue weighted by Gasteiger charge is 2.29. The van der Waals surface area contributed by atoms with Gasteiger partial charge in [0.25, 0.3) is 5.56 Å². The fourth-order valence-electron chi connectivity index (χ4n) is 2.88. The molecule has 1 fully saturated rings. The number of allylic oxidation sites excluding steroid dienone is 2. The molecule has 0 amide bonds. The van der Waals surface area contributed by atoms with E-state index in [1.807, 2.05) is 24.5 Å². The zero-order valence-electron chi connectivity index (χ0n) is 14.5. The average Bonchev–Trinajstić information content (AvgIpc) is 2.91. The molecule has 8 nitrogen and oxygen atoms in total. The second-order valence-corrected chi connectivity index (χ2v) is 6.70. The monoisotopic (exact) mass is 332 g/mol. The van der Waals surface area contributed by atoms with Gasteiger partial charge in [0.1, 0.15) is 0 Å². The number of fused-ring (bicyclic) bond motifs is 1. The van der Waals surface area contributed by atoms with Gasteiger partial charge in [-0.1, -0.05) is 11.6 Å². The van der Waals surface area contributed by atoms with Gasteiger partial charge in [-0.25, -0.2) is 4.79 Å². The number of nitrogens with one attached hydrogen (secondary N) is 1. The van der Waals surface area contributed by atoms with Gasteiger partial charge >= 0.3 is 5.69 Å². The Labute approximate surface area is 139 Å². The first-order valence-corrected chi connectivity index (χ1v) is 8.13. The zero-order chi connectivity index (χ0) is 17.6. The van der Waals surface area contributed by atoms with E-state index in [2.05, 4.69) is 10.3 Å². The van der Waals surface area contributed by atoms with Gasteiger partial charge in [0.2, 0.25) is 5.95 Å². The van der Waals surface area contributed by atoms with Crippen LogP contribution in [0.5, 0.6) is 0 Å². The minimum Gasteiger partial charge on any atom is -0.351 e. The highest BCUT2D eigenvalue weighted by molar-refractivity contribution is 5.74. The summed E-state index contributed by atoms with van der Waals surface area (Å²) in [5.74, 6) is 0.584. The molecule has 1 aliphatic carbocycles. The number of aryl methyl sites for hydroxylation is 1. The fraction of sp³-hybridized carbons (Fsp3) is 0.562. The van der Waals surface area contributed by atoms with Gasteiger partial charge < -0.3 is 15.6 Å². The Morgan fingerprint density at radius 1 is 1.29 bits per heavy atom. The molecule has 0 saturated heterocycles. The number of anilines is 1. The van der Waals surface area contributed by atoms with Crippen LogP contribution in [0.15, 0.2) is 21.2 Å². The van der Waals surface area contributed by atoms with Crippen molar-refractivity contribution >= 4 is 17.1 Å². The van der Waals surface area contributed by atoms with Crippen LogP contribution in [0.3, 0.4) is 0 Å². The lowest BCUT2D eigenvalue weighted by atomic mass is 9.87. The molecule has 24 heavy (non-hydrogen) atoms. The summed E-state index contributed by atoms with van der Waals surface area (Å²) >= 11 is 0. The van der Waals surface area contributed by atoms with E-state index in [1.165, 1.54) is 11.6 Å². The smallest absolute Gasteiger partial charge is 0.332 e. The summed E-state index contributed by atoms with van der Waals surface area (Å²) in [4.78, 5) is 29.3. The summed E-state index contributed by atoms with van der Waals surface area (Å²) in [6, 6.07) is 0.238. The van der Waals surface area contributed by atoms with Gasteiger partial charge in [-0.15, -0.1) is 0 Å². The molecule has 8 heteroatoms. The van der Waals surface area contributed by atoms with Crippen molar-refractivity contribution in [1.82, 2.24) is 18.7 Å². The van der Waals surface area contributed by atoms with Crippen LogP contribution in [0, 0.1) is 0 Å². The molecule has 0 bridgehead atoms. The molecule has 1 saturated carbocycles. The van der Waals surface area contributed by atoms with Crippen LogP contribution in [0.1, 0.15) is 26.7 Å². The van der Waals surface area contributed by atoms with Crippen molar-refractivity contribution in [1.29, 1.82) is 0 Å². The summed E-state index contributed by atoms with van der Waals surface area (Å²) in [6.45, 7) is 4.51. The third-order valence-corrected chi connectivity index (χ3v) is 4.67. The fourth-order valence-corrected chi connectivity index (χ4v) is 2.88. The van der Waals surface area contributed by atoms with Gasteiger partial charge in [-0.05, 0) is 26.7 Å². The molecule has 0 radical (unpaired) electrons. The third-order valence-electron chi connectivity index (χ3n) is 4.67. The summed E-state index contributed by atoms with van der Waals surface area (Å²) in [7, 11) is 3.11. The van der Waals surface area contributed by atoms with Crippen molar-refractivity contribution in [3.63, 3.8) is 0 Å². The molecule has 3 N–H and O–H groups in total. The van der Waals surface area contributed by atoms with Gasteiger partial charge in [-0.3, -0.25) is 13.9 Å². The van der Waals surface area contributed by atoms with Gasteiger partial charge in [0, 0.05) is 32.7 Å². The molecule has 2 aromatic heterocycles. The van der Waals surface area contributed by atoms with E-state index in [4.69, 9.17) is 5.73 Å². The van der Waals surface area contributed by atoms with Crippen molar-refractivity contribution < 1.29 is 0 Å². The van der Waals surface area contributed by atoms with Crippen molar-refractivity contribution in [2.45, 2.75) is 45.3 Å². The quantitative estimate of drug-likeness (QED) is 0.785. The molecule has 2 atom stereocenters. The van der Waals surface area contributed by atoms with Gasteiger partial charge in [0.05, 0.1) is 0 Å². The standard InChI is InChI=1S/C16H24N6O2/c1-9(2)7-8-22-12-13(20(3)16(24)21(4)14(12)23)19-15(22)18-11-6-5-10(11)17/h7,10-11H,5-6,8,17H2,1-4H3,(H,18,19)/t10-,11-/m1/s1. The van der Waals surface area contributed by atoms with Crippen LogP contribution in [0.25, 0.3) is 11.2 Å². The first-order chi connectivity index (χ1) is 11.3. The van der Waals surface area contributed by atoms with E-state index in [9.17, 15) is 9.59 Å². The predicted molar refractivity (Wildman–Crippen MR) is 94.3 cm³/mol. The summed E-state index contributed by atoms with van der Waals surface area (Å²) < 4.78 is 4.35. The zero-order valence-corrected chi connectivity index (χ0v) is 14.5. The lowest BCUT2D eigenvalue weighted by molar-refractivity contribution is 0.367. The van der Waals surface area contributed by atoms with Crippen LogP contribution in [-0.4, -0.2) is 30.8 Å². The maximum absolute atomic E-state index is 12.6. The Morgan fingerprint density at radius 2 is 2.00 bits per heavy atom. The average molecular weight is 332 g/mol. The third kappa shape index (κ3) is 2.56. The molecule has 0 unspecified atom stereocenters. The lowest BCUT2D eigenvalue weighted by Crippen LogP contribution is -2.49. The molecular weight excluding hydrogens is 308 g/mol. The topological polar surface area (TPSA) is 99.9 Å². The number of hydrogen-bond donors (Lipinski definition) is 2. The van der Waals surface area contributed by atoms with E-state index >= 15 is 0 Å². The van der Waals surface area contributed by atoms with E-state index in [1.54, 1.807) is 7.05 Å². The molecule has 2 heterocycles. The van der Waals surface area contributed by atoms with E-state index < -0.39 is 0 Å². The number of hydrogen-bond acceptors (Lipinski definition) is 5. The van der Waals surface area contributed by atoms with Crippen LogP contribution >= 0.6 is 0 Å². The van der Waals surface area contributed by atoms with Crippen molar-refractivity contribution in [2.75, 3.05) is 5.32 Å². The second-order valence-electron chi connectivity index (χ2n) is 6.70. The summed E-state index contributed by atoms with van der Waals surface area (Å²) in [5.41, 5.74) is 7.25. The van der Waals surface area contributed by atoms with Crippen LogP contribution in [-0.2, 0) is 20.6 Å². The lowest BCUT2D eigenvalue weighted by Gasteiger charge is -2.34. The predicted octanol–water partition coefficient (Wildman–Crippen LogP) is 0.302. The molecule has 130 valence electrons. The largest absolute Gasteiger partial charge is 0.351 e. The Bertz CT molecular complexity index is 929. The first kappa shape index (κ1) is 16.5. The van der Waals surface area contributed by atoms with Crippen LogP contribution in [0.2, 0.25) is 0 Å². The van der Waals surface area contributed by atoms with Crippen molar-refractivity contribution in [2.24, 2.45) is 19.8 Å². The minimum absolute atomic E-state index is 0.0911. The molecule has 0 aromatic carbocycles. The van der Waals surface area contributed by atoms with Crippen LogP contribution < -0.4 is 22.3 Å². The number of nitrogens with zero attached hydrogens (tertiary/aromatic N) is 4. The Balaban J connectivity index is 2.22. The molecule has 1 aliphatic rings. The van der Waals surface area contributed by atoms with Crippen molar-refractivity contribution in [3.05, 3.63) is 32.5 Å². The summed E-state index contributed by atoms with van der Waals surface area (Å²) in [5, 5.41) is 3.34. The van der Waals surface area contributed by atoms with E-state index in [0.29, 0.717) is 23.7 Å². The number of imidazole rings is 1. The van der Waals surface area contributed by atoms with Crippen LogP contribution in [0.4, 0.5) is 5.95 Å². The molecule has 3 rings (SSSR count). The maximum Gasteiger partial charge on any atom is 0.332 e. The number of aromatic nitrogens is 4. The Hall–Kier alpha value is -2.35. The molecule has 2 aromatic rings. The van der Waals surface area contributed by atoms with E-state index in [0.717, 1.165) is 23.0 Å². The SMILES string of the molecule is CC(C)=CCn1c(N[C@@H]2CC[C@H]2N)nc2c1c(=O)n(C)c(=O)n2C. The summed E-state index contributed by atoms with van der Waals surface area (Å²) in [6.07, 6.45) is 3.98. The Kier molecular flexibility index (Phi) is 4.08. The van der Waals surface area contributed by atoms with E-state index in [-0.39, 0.29) is 23.3 Å². The highest BCUT2D eigenvalue weighted by atomic mass is 16.2. The van der Waals surface area contributed by atoms with Gasteiger partial charge in [0.15, 0.2) is 11.2 Å². The number of rotatable bonds is 4. The maximum atomic E-state index is 12.6. The molecule has 0 aliphatic heterocycles. The minimum atomic E-state index is -0.383. The number of nitrogens with two attached hydrogens (primary N) is 1. The normalized spacial score (nSPS) is 20.0. The molecule has 0 spiro atoms. The molecular formula is C16H24N6O2. The second kappa shape index (κ2) is 5.94. The Morgan fingerprint density at radius 3 is 2.54 bits per heavy atom. The van der Waals surface area contributed by atoms with Gasteiger partial charge in [-0.2, -0.15) is 4.98 Å². The highest BCUT2D eigenvalue weighted by Crippen LogP contribution is 2.24. The first-order valence-electron chi connectivity index (χ1n) is 8.13.